The summed E-state index contributed by atoms with van der Waals surface area (Å²) in [6.07, 6.45) is 0.0346. The van der Waals surface area contributed by atoms with Gasteiger partial charge in [0, 0.05) is 18.2 Å². The molecule has 1 aromatic heterocycles. The summed E-state index contributed by atoms with van der Waals surface area (Å²) in [5.41, 5.74) is -0.683. The van der Waals surface area contributed by atoms with Gasteiger partial charge in [0.25, 0.3) is 5.56 Å². The van der Waals surface area contributed by atoms with Gasteiger partial charge in [-0.05, 0) is 6.92 Å². The lowest BCUT2D eigenvalue weighted by Crippen LogP contribution is -2.34. The van der Waals surface area contributed by atoms with Gasteiger partial charge in [0.05, 0.1) is 12.5 Å². The monoisotopic (exact) mass is 288 g/mol. The SMILES string of the molecule is COC(=O)[C@H]1O[C@@H](n2cc(C)c(=O)[nH]c2=O)C[C@@H]1Cl. The predicted octanol–water partition coefficient (Wildman–Crippen LogP) is -0.0871. The third kappa shape index (κ3) is 2.57. The van der Waals surface area contributed by atoms with Crippen LogP contribution in [0.2, 0.25) is 0 Å². The number of nitrogens with one attached hydrogen (secondary N) is 1. The van der Waals surface area contributed by atoms with Crippen LogP contribution in [0.15, 0.2) is 15.8 Å². The molecule has 0 saturated carbocycles. The van der Waals surface area contributed by atoms with Gasteiger partial charge in [0.1, 0.15) is 6.23 Å². The van der Waals surface area contributed by atoms with E-state index in [1.165, 1.54) is 17.9 Å². The first-order valence-electron chi connectivity index (χ1n) is 5.63. The minimum Gasteiger partial charge on any atom is -0.467 e. The molecule has 1 saturated heterocycles. The summed E-state index contributed by atoms with van der Waals surface area (Å²) >= 11 is 6.01. The van der Waals surface area contributed by atoms with Gasteiger partial charge in [-0.25, -0.2) is 9.59 Å². The molecule has 0 aromatic carbocycles. The van der Waals surface area contributed by atoms with E-state index < -0.39 is 34.9 Å². The van der Waals surface area contributed by atoms with Crippen LogP contribution in [0, 0.1) is 6.92 Å². The second-order valence-corrected chi connectivity index (χ2v) is 4.83. The summed E-state index contributed by atoms with van der Waals surface area (Å²) in [6, 6.07) is 0. The maximum atomic E-state index is 11.7. The molecule has 0 aliphatic carbocycles. The van der Waals surface area contributed by atoms with E-state index in [4.69, 9.17) is 16.3 Å². The summed E-state index contributed by atoms with van der Waals surface area (Å²) in [4.78, 5) is 36.6. The molecule has 2 heterocycles. The molecule has 1 aromatic rings. The van der Waals surface area contributed by atoms with Crippen LogP contribution in [0.4, 0.5) is 0 Å². The van der Waals surface area contributed by atoms with E-state index in [0.717, 1.165) is 0 Å². The van der Waals surface area contributed by atoms with Crippen molar-refractivity contribution in [3.8, 4) is 0 Å². The van der Waals surface area contributed by atoms with Crippen molar-refractivity contribution in [3.63, 3.8) is 0 Å². The fourth-order valence-corrected chi connectivity index (χ4v) is 2.24. The van der Waals surface area contributed by atoms with Gasteiger partial charge in [0.2, 0.25) is 0 Å². The maximum absolute atomic E-state index is 11.7. The first-order chi connectivity index (χ1) is 8.93. The molecule has 7 nitrogen and oxygen atoms in total. The van der Waals surface area contributed by atoms with Crippen molar-refractivity contribution < 1.29 is 14.3 Å². The van der Waals surface area contributed by atoms with Gasteiger partial charge >= 0.3 is 11.7 Å². The van der Waals surface area contributed by atoms with Crippen molar-refractivity contribution >= 4 is 17.6 Å². The lowest BCUT2D eigenvalue weighted by Gasteiger charge is -2.14. The summed E-state index contributed by atoms with van der Waals surface area (Å²) in [7, 11) is 1.24. The van der Waals surface area contributed by atoms with Gasteiger partial charge in [-0.3, -0.25) is 14.3 Å². The number of aromatic amines is 1. The lowest BCUT2D eigenvalue weighted by molar-refractivity contribution is -0.155. The summed E-state index contributed by atoms with van der Waals surface area (Å²) in [6.45, 7) is 1.57. The Morgan fingerprint density at radius 2 is 2.26 bits per heavy atom. The minimum absolute atomic E-state index is 0.271. The molecule has 0 radical (unpaired) electrons. The number of aromatic nitrogens is 2. The van der Waals surface area contributed by atoms with Crippen molar-refractivity contribution in [2.24, 2.45) is 0 Å². The zero-order valence-corrected chi connectivity index (χ0v) is 11.1. The van der Waals surface area contributed by atoms with Gasteiger partial charge in [-0.15, -0.1) is 11.6 Å². The Kier molecular flexibility index (Phi) is 3.77. The summed E-state index contributed by atoms with van der Waals surface area (Å²) in [5.74, 6) is -0.586. The van der Waals surface area contributed by atoms with Crippen LogP contribution in [0.5, 0.6) is 0 Å². The Labute approximate surface area is 113 Å². The number of nitrogens with zero attached hydrogens (tertiary/aromatic N) is 1. The number of methoxy groups -OCH3 is 1. The van der Waals surface area contributed by atoms with E-state index >= 15 is 0 Å². The second kappa shape index (κ2) is 5.18. The number of H-pyrrole nitrogens is 1. The fourth-order valence-electron chi connectivity index (χ4n) is 1.92. The quantitative estimate of drug-likeness (QED) is 0.607. The number of carbonyl (C=O) groups is 1. The van der Waals surface area contributed by atoms with Crippen molar-refractivity contribution in [2.75, 3.05) is 7.11 Å². The van der Waals surface area contributed by atoms with E-state index in [0.29, 0.717) is 5.56 Å². The molecule has 2 rings (SSSR count). The Bertz CT molecular complexity index is 608. The molecule has 104 valence electrons. The molecule has 0 unspecified atom stereocenters. The Hall–Kier alpha value is -1.60. The van der Waals surface area contributed by atoms with Crippen LogP contribution >= 0.6 is 11.6 Å². The number of alkyl halides is 1. The molecule has 1 fully saturated rings. The highest BCUT2D eigenvalue weighted by Crippen LogP contribution is 2.31. The molecular weight excluding hydrogens is 276 g/mol. The molecular formula is C11H13ClN2O5. The van der Waals surface area contributed by atoms with E-state index in [9.17, 15) is 14.4 Å². The van der Waals surface area contributed by atoms with Gasteiger partial charge in [-0.2, -0.15) is 0 Å². The van der Waals surface area contributed by atoms with Crippen molar-refractivity contribution in [1.29, 1.82) is 0 Å². The van der Waals surface area contributed by atoms with Crippen molar-refractivity contribution in [3.05, 3.63) is 32.6 Å². The zero-order chi connectivity index (χ0) is 14.2. The second-order valence-electron chi connectivity index (χ2n) is 4.26. The van der Waals surface area contributed by atoms with E-state index in [-0.39, 0.29) is 6.42 Å². The van der Waals surface area contributed by atoms with Crippen molar-refractivity contribution in [1.82, 2.24) is 9.55 Å². The number of hydrogen-bond acceptors (Lipinski definition) is 5. The highest BCUT2D eigenvalue weighted by molar-refractivity contribution is 6.22. The number of halogens is 1. The lowest BCUT2D eigenvalue weighted by atomic mass is 10.2. The average Bonchev–Trinajstić information content (AvgIpc) is 2.75. The number of carbonyl (C=O) groups excluding carboxylic acids is 1. The normalized spacial score (nSPS) is 26.4. The number of aryl methyl sites for hydroxylation is 1. The topological polar surface area (TPSA) is 90.4 Å². The highest BCUT2D eigenvalue weighted by atomic mass is 35.5. The molecule has 1 aliphatic heterocycles. The van der Waals surface area contributed by atoms with Gasteiger partial charge in [0.15, 0.2) is 6.10 Å². The van der Waals surface area contributed by atoms with Crippen LogP contribution in [0.25, 0.3) is 0 Å². The van der Waals surface area contributed by atoms with Crippen LogP contribution in [-0.4, -0.2) is 34.1 Å². The highest BCUT2D eigenvalue weighted by Gasteiger charge is 2.40. The molecule has 8 heteroatoms. The van der Waals surface area contributed by atoms with Crippen LogP contribution in [0.1, 0.15) is 18.2 Å². The van der Waals surface area contributed by atoms with E-state index in [2.05, 4.69) is 9.72 Å². The van der Waals surface area contributed by atoms with Crippen LogP contribution < -0.4 is 11.2 Å². The smallest absolute Gasteiger partial charge is 0.336 e. The third-order valence-corrected chi connectivity index (χ3v) is 3.36. The van der Waals surface area contributed by atoms with Gasteiger partial charge < -0.3 is 9.47 Å². The molecule has 1 N–H and O–H groups in total. The molecule has 19 heavy (non-hydrogen) atoms. The first-order valence-corrected chi connectivity index (χ1v) is 6.07. The first kappa shape index (κ1) is 13.8. The maximum Gasteiger partial charge on any atom is 0.336 e. The zero-order valence-electron chi connectivity index (χ0n) is 10.4. The fraction of sp³-hybridized carbons (Fsp3) is 0.545. The number of hydrogen-bond donors (Lipinski definition) is 1. The molecule has 0 bridgehead atoms. The number of esters is 1. The number of rotatable bonds is 2. The summed E-state index contributed by atoms with van der Waals surface area (Å²) < 4.78 is 11.2. The Balaban J connectivity index is 2.30. The predicted molar refractivity (Wildman–Crippen MR) is 66.2 cm³/mol. The average molecular weight is 289 g/mol. The van der Waals surface area contributed by atoms with Crippen LogP contribution in [-0.2, 0) is 14.3 Å². The van der Waals surface area contributed by atoms with Crippen LogP contribution in [0.3, 0.4) is 0 Å². The van der Waals surface area contributed by atoms with E-state index in [1.54, 1.807) is 6.92 Å². The Morgan fingerprint density at radius 1 is 1.58 bits per heavy atom. The van der Waals surface area contributed by atoms with Gasteiger partial charge in [-0.1, -0.05) is 0 Å². The largest absolute Gasteiger partial charge is 0.467 e. The molecule has 0 amide bonds. The van der Waals surface area contributed by atoms with E-state index in [1.807, 2.05) is 0 Å². The molecule has 3 atom stereocenters. The molecule has 1 aliphatic rings. The van der Waals surface area contributed by atoms with Crippen molar-refractivity contribution in [2.45, 2.75) is 31.1 Å². The third-order valence-electron chi connectivity index (χ3n) is 2.95. The Morgan fingerprint density at radius 3 is 2.89 bits per heavy atom. The summed E-state index contributed by atoms with van der Waals surface area (Å²) in [5, 5.41) is -0.586. The number of ether oxygens (including phenoxy) is 2. The standard InChI is InChI=1S/C11H13ClN2O5/c1-5-4-14(11(17)13-9(5)15)7-3-6(12)8(19-7)10(16)18-2/h4,6-8H,3H2,1-2H3,(H,13,15,17)/t6-,7+,8-/m0/s1. The molecule has 0 spiro atoms. The minimum atomic E-state index is -0.921.